The van der Waals surface area contributed by atoms with Crippen LogP contribution in [0.2, 0.25) is 5.02 Å². The van der Waals surface area contributed by atoms with Gasteiger partial charge in [0.1, 0.15) is 0 Å². The highest BCUT2D eigenvalue weighted by molar-refractivity contribution is 6.33. The molecule has 0 fully saturated rings. The van der Waals surface area contributed by atoms with Crippen molar-refractivity contribution in [3.63, 3.8) is 0 Å². The largest absolute Gasteiger partial charge is 0.341 e. The summed E-state index contributed by atoms with van der Waals surface area (Å²) in [5.74, 6) is 0. The Balaban J connectivity index is 2.31. The Kier molecular flexibility index (Phi) is 5.05. The van der Waals surface area contributed by atoms with Gasteiger partial charge < -0.3 is 10.6 Å². The predicted octanol–water partition coefficient (Wildman–Crippen LogP) is 4.39. The van der Waals surface area contributed by atoms with Crippen molar-refractivity contribution < 1.29 is 0 Å². The molecule has 0 saturated heterocycles. The van der Waals surface area contributed by atoms with Gasteiger partial charge >= 0.3 is 0 Å². The molecule has 0 amide bonds. The summed E-state index contributed by atoms with van der Waals surface area (Å²) < 4.78 is 0. The van der Waals surface area contributed by atoms with Gasteiger partial charge in [-0.15, -0.1) is 0 Å². The first-order chi connectivity index (χ1) is 9.61. The molecule has 0 aromatic heterocycles. The number of hydrogen-bond acceptors (Lipinski definition) is 2. The van der Waals surface area contributed by atoms with Crippen LogP contribution in [0.5, 0.6) is 0 Å². The van der Waals surface area contributed by atoms with E-state index in [2.05, 4.69) is 36.1 Å². The molecule has 0 bridgehead atoms. The zero-order valence-corrected chi connectivity index (χ0v) is 12.8. The van der Waals surface area contributed by atoms with Crippen LogP contribution in [0.15, 0.2) is 48.5 Å². The summed E-state index contributed by atoms with van der Waals surface area (Å²) in [6.45, 7) is 5.00. The maximum atomic E-state index is 6.45. The van der Waals surface area contributed by atoms with Crippen LogP contribution in [-0.4, -0.2) is 12.6 Å². The van der Waals surface area contributed by atoms with Crippen molar-refractivity contribution in [1.82, 2.24) is 0 Å². The molecule has 2 rings (SSSR count). The normalized spacial score (nSPS) is 12.2. The second-order valence-electron chi connectivity index (χ2n) is 5.05. The fourth-order valence-corrected chi connectivity index (χ4v) is 2.67. The van der Waals surface area contributed by atoms with Crippen LogP contribution in [0.25, 0.3) is 0 Å². The second kappa shape index (κ2) is 6.78. The van der Waals surface area contributed by atoms with E-state index in [0.717, 1.165) is 29.4 Å². The second-order valence-corrected chi connectivity index (χ2v) is 5.45. The molecule has 0 spiro atoms. The third-order valence-corrected chi connectivity index (χ3v) is 3.55. The average Bonchev–Trinajstić information content (AvgIpc) is 2.42. The predicted molar refractivity (Wildman–Crippen MR) is 87.9 cm³/mol. The molecule has 0 heterocycles. The molecular formula is C17H21ClN2. The highest BCUT2D eigenvalue weighted by Gasteiger charge is 2.11. The smallest absolute Gasteiger partial charge is 0.0645 e. The van der Waals surface area contributed by atoms with Crippen LogP contribution in [0.1, 0.15) is 19.4 Å². The Morgan fingerprint density at radius 1 is 1.15 bits per heavy atom. The Morgan fingerprint density at radius 2 is 1.85 bits per heavy atom. The van der Waals surface area contributed by atoms with E-state index in [4.69, 9.17) is 17.3 Å². The minimum atomic E-state index is 0.147. The molecule has 106 valence electrons. The van der Waals surface area contributed by atoms with Crippen LogP contribution in [-0.2, 0) is 6.42 Å². The van der Waals surface area contributed by atoms with E-state index in [1.165, 1.54) is 5.56 Å². The first-order valence-corrected chi connectivity index (χ1v) is 7.36. The number of anilines is 2. The van der Waals surface area contributed by atoms with Gasteiger partial charge in [0.2, 0.25) is 0 Å². The maximum Gasteiger partial charge on any atom is 0.0645 e. The zero-order valence-electron chi connectivity index (χ0n) is 12.0. The zero-order chi connectivity index (χ0) is 14.5. The molecule has 2 nitrogen and oxygen atoms in total. The number of para-hydroxylation sites is 1. The van der Waals surface area contributed by atoms with E-state index in [9.17, 15) is 0 Å². The summed E-state index contributed by atoms with van der Waals surface area (Å²) >= 11 is 6.45. The van der Waals surface area contributed by atoms with Gasteiger partial charge in [0.15, 0.2) is 0 Å². The van der Waals surface area contributed by atoms with E-state index < -0.39 is 0 Å². The van der Waals surface area contributed by atoms with Crippen LogP contribution < -0.4 is 10.6 Å². The van der Waals surface area contributed by atoms with E-state index in [-0.39, 0.29) is 6.04 Å². The van der Waals surface area contributed by atoms with Crippen molar-refractivity contribution in [3.05, 3.63) is 59.1 Å². The van der Waals surface area contributed by atoms with Crippen molar-refractivity contribution in [3.8, 4) is 0 Å². The number of nitrogens with zero attached hydrogens (tertiary/aromatic N) is 1. The standard InChI is InChI=1S/C17H21ClN2/c1-3-20(15-7-5-4-6-8-15)17-10-9-14(11-13(2)19)12-16(17)18/h4-10,12-13H,3,11,19H2,1-2H3. The molecular weight excluding hydrogens is 268 g/mol. The van der Waals surface area contributed by atoms with Crippen LogP contribution in [0.3, 0.4) is 0 Å². The van der Waals surface area contributed by atoms with Crippen LogP contribution in [0.4, 0.5) is 11.4 Å². The first-order valence-electron chi connectivity index (χ1n) is 6.98. The lowest BCUT2D eigenvalue weighted by atomic mass is 10.1. The van der Waals surface area contributed by atoms with Crippen molar-refractivity contribution in [2.24, 2.45) is 5.73 Å². The SMILES string of the molecule is CCN(c1ccccc1)c1ccc(CC(C)N)cc1Cl. The van der Waals surface area contributed by atoms with Crippen molar-refractivity contribution in [2.45, 2.75) is 26.3 Å². The van der Waals surface area contributed by atoms with Gasteiger partial charge in [-0.1, -0.05) is 35.9 Å². The number of nitrogens with two attached hydrogens (primary N) is 1. The number of rotatable bonds is 5. The molecule has 0 aliphatic carbocycles. The summed E-state index contributed by atoms with van der Waals surface area (Å²) in [5.41, 5.74) is 9.20. The Bertz CT molecular complexity index is 552. The fourth-order valence-electron chi connectivity index (χ4n) is 2.37. The summed E-state index contributed by atoms with van der Waals surface area (Å²) in [7, 11) is 0. The summed E-state index contributed by atoms with van der Waals surface area (Å²) in [4.78, 5) is 2.21. The minimum absolute atomic E-state index is 0.147. The summed E-state index contributed by atoms with van der Waals surface area (Å²) in [5, 5.41) is 0.772. The van der Waals surface area contributed by atoms with Crippen LogP contribution in [0, 0.1) is 0 Å². The van der Waals surface area contributed by atoms with E-state index in [1.807, 2.05) is 31.2 Å². The van der Waals surface area contributed by atoms with Crippen molar-refractivity contribution in [1.29, 1.82) is 0 Å². The molecule has 20 heavy (non-hydrogen) atoms. The number of benzene rings is 2. The monoisotopic (exact) mass is 288 g/mol. The molecule has 3 heteroatoms. The Labute approximate surface area is 126 Å². The Morgan fingerprint density at radius 3 is 2.40 bits per heavy atom. The van der Waals surface area contributed by atoms with E-state index >= 15 is 0 Å². The van der Waals surface area contributed by atoms with Gasteiger partial charge in [-0.25, -0.2) is 0 Å². The summed E-state index contributed by atoms with van der Waals surface area (Å²) in [6.07, 6.45) is 0.845. The highest BCUT2D eigenvalue weighted by atomic mass is 35.5. The first kappa shape index (κ1) is 14.9. The lowest BCUT2D eigenvalue weighted by Gasteiger charge is -2.24. The Hall–Kier alpha value is -1.51. The molecule has 2 aromatic rings. The average molecular weight is 289 g/mol. The molecule has 0 aliphatic rings. The molecule has 0 saturated carbocycles. The van der Waals surface area contributed by atoms with E-state index in [0.29, 0.717) is 0 Å². The van der Waals surface area contributed by atoms with Gasteiger partial charge in [-0.2, -0.15) is 0 Å². The molecule has 1 unspecified atom stereocenters. The van der Waals surface area contributed by atoms with Crippen molar-refractivity contribution >= 4 is 23.0 Å². The number of halogens is 1. The lowest BCUT2D eigenvalue weighted by molar-refractivity contribution is 0.738. The molecule has 0 aliphatic heterocycles. The maximum absolute atomic E-state index is 6.45. The van der Waals surface area contributed by atoms with Gasteiger partial charge in [0, 0.05) is 18.3 Å². The van der Waals surface area contributed by atoms with E-state index in [1.54, 1.807) is 0 Å². The third kappa shape index (κ3) is 3.53. The van der Waals surface area contributed by atoms with Gasteiger partial charge in [0.05, 0.1) is 10.7 Å². The lowest BCUT2D eigenvalue weighted by Crippen LogP contribution is -2.18. The molecule has 2 aromatic carbocycles. The van der Waals surface area contributed by atoms with Gasteiger partial charge in [-0.3, -0.25) is 0 Å². The number of hydrogen-bond donors (Lipinski definition) is 1. The molecule has 2 N–H and O–H groups in total. The third-order valence-electron chi connectivity index (χ3n) is 3.24. The van der Waals surface area contributed by atoms with Gasteiger partial charge in [-0.05, 0) is 50.1 Å². The fraction of sp³-hybridized carbons (Fsp3) is 0.294. The van der Waals surface area contributed by atoms with Crippen molar-refractivity contribution in [2.75, 3.05) is 11.4 Å². The molecule has 0 radical (unpaired) electrons. The summed E-state index contributed by atoms with van der Waals surface area (Å²) in [6, 6.07) is 16.6. The van der Waals surface area contributed by atoms with Gasteiger partial charge in [0.25, 0.3) is 0 Å². The molecule has 1 atom stereocenters. The topological polar surface area (TPSA) is 29.3 Å². The minimum Gasteiger partial charge on any atom is -0.341 e. The van der Waals surface area contributed by atoms with Crippen LogP contribution >= 0.6 is 11.6 Å². The quantitative estimate of drug-likeness (QED) is 0.884. The highest BCUT2D eigenvalue weighted by Crippen LogP contribution is 2.32.